The molecular weight excluding hydrogens is 285 g/mol. The Labute approximate surface area is 128 Å². The lowest BCUT2D eigenvalue weighted by Gasteiger charge is -2.18. The smallest absolute Gasteiger partial charge is 0.163 e. The molecule has 1 aromatic carbocycles. The third-order valence-corrected chi connectivity index (χ3v) is 3.23. The number of benzene rings is 1. The molecular formula is C16H16FN3O2. The van der Waals surface area contributed by atoms with E-state index in [1.165, 1.54) is 26.5 Å². The number of methoxy groups -OCH3 is 2. The third-order valence-electron chi connectivity index (χ3n) is 3.23. The van der Waals surface area contributed by atoms with Gasteiger partial charge in [-0.3, -0.25) is 0 Å². The Hall–Kier alpha value is -2.81. The Morgan fingerprint density at radius 3 is 2.45 bits per heavy atom. The first-order valence-electron chi connectivity index (χ1n) is 6.63. The SMILES string of the molecule is COc1cc(F)c(C(C)Nc2ccc(C#N)cn2)cc1OC. The third kappa shape index (κ3) is 3.26. The Morgan fingerprint density at radius 2 is 1.91 bits per heavy atom. The van der Waals surface area contributed by atoms with E-state index in [0.717, 1.165) is 0 Å². The van der Waals surface area contributed by atoms with Crippen molar-refractivity contribution in [1.29, 1.82) is 5.26 Å². The fourth-order valence-electron chi connectivity index (χ4n) is 2.05. The summed E-state index contributed by atoms with van der Waals surface area (Å²) in [7, 11) is 2.96. The van der Waals surface area contributed by atoms with Crippen molar-refractivity contribution in [3.63, 3.8) is 0 Å². The van der Waals surface area contributed by atoms with Crippen molar-refractivity contribution in [2.75, 3.05) is 19.5 Å². The van der Waals surface area contributed by atoms with Crippen LogP contribution in [0.2, 0.25) is 0 Å². The highest BCUT2D eigenvalue weighted by Crippen LogP contribution is 2.33. The first-order valence-corrected chi connectivity index (χ1v) is 6.63. The predicted molar refractivity (Wildman–Crippen MR) is 80.5 cm³/mol. The van der Waals surface area contributed by atoms with E-state index in [0.29, 0.717) is 28.4 Å². The summed E-state index contributed by atoms with van der Waals surface area (Å²) >= 11 is 0. The molecule has 0 radical (unpaired) electrons. The minimum atomic E-state index is -0.397. The maximum Gasteiger partial charge on any atom is 0.163 e. The summed E-state index contributed by atoms with van der Waals surface area (Å²) in [5.74, 6) is 0.958. The van der Waals surface area contributed by atoms with Crippen molar-refractivity contribution in [2.24, 2.45) is 0 Å². The fraction of sp³-hybridized carbons (Fsp3) is 0.250. The highest BCUT2D eigenvalue weighted by Gasteiger charge is 2.16. The van der Waals surface area contributed by atoms with Crippen LogP contribution < -0.4 is 14.8 Å². The number of halogens is 1. The number of ether oxygens (including phenoxy) is 2. The van der Waals surface area contributed by atoms with Crippen LogP contribution in [0.5, 0.6) is 11.5 Å². The van der Waals surface area contributed by atoms with Gasteiger partial charge >= 0.3 is 0 Å². The zero-order chi connectivity index (χ0) is 16.1. The van der Waals surface area contributed by atoms with E-state index in [2.05, 4.69) is 10.3 Å². The monoisotopic (exact) mass is 301 g/mol. The molecule has 1 unspecified atom stereocenters. The van der Waals surface area contributed by atoms with Crippen LogP contribution in [0.4, 0.5) is 10.2 Å². The number of nitrogens with one attached hydrogen (secondary N) is 1. The van der Waals surface area contributed by atoms with Crippen molar-refractivity contribution >= 4 is 5.82 Å². The lowest BCUT2D eigenvalue weighted by atomic mass is 10.1. The number of nitriles is 1. The summed E-state index contributed by atoms with van der Waals surface area (Å²) in [5.41, 5.74) is 0.902. The van der Waals surface area contributed by atoms with Gasteiger partial charge in [0.25, 0.3) is 0 Å². The molecule has 114 valence electrons. The lowest BCUT2D eigenvalue weighted by Crippen LogP contribution is -2.10. The summed E-state index contributed by atoms with van der Waals surface area (Å²) in [5, 5.41) is 11.8. The van der Waals surface area contributed by atoms with Crippen molar-refractivity contribution in [3.05, 3.63) is 47.4 Å². The second-order valence-electron chi connectivity index (χ2n) is 4.64. The quantitative estimate of drug-likeness (QED) is 0.918. The average molecular weight is 301 g/mol. The molecule has 0 saturated carbocycles. The van der Waals surface area contributed by atoms with Gasteiger partial charge in [0.15, 0.2) is 11.5 Å². The number of aromatic nitrogens is 1. The van der Waals surface area contributed by atoms with Crippen molar-refractivity contribution in [1.82, 2.24) is 4.98 Å². The number of rotatable bonds is 5. The topological polar surface area (TPSA) is 67.2 Å². The van der Waals surface area contributed by atoms with Gasteiger partial charge in [-0.25, -0.2) is 9.37 Å². The molecule has 1 N–H and O–H groups in total. The van der Waals surface area contributed by atoms with Gasteiger partial charge in [0.1, 0.15) is 17.7 Å². The molecule has 1 aromatic heterocycles. The second kappa shape index (κ2) is 6.76. The first kappa shape index (κ1) is 15.6. The number of nitrogens with zero attached hydrogens (tertiary/aromatic N) is 2. The van der Waals surface area contributed by atoms with Crippen LogP contribution in [0.1, 0.15) is 24.1 Å². The van der Waals surface area contributed by atoms with Crippen LogP contribution in [0.3, 0.4) is 0 Å². The van der Waals surface area contributed by atoms with Crippen molar-refractivity contribution < 1.29 is 13.9 Å². The zero-order valence-corrected chi connectivity index (χ0v) is 12.6. The molecule has 0 fully saturated rings. The van der Waals surface area contributed by atoms with E-state index in [9.17, 15) is 4.39 Å². The molecule has 1 heterocycles. The zero-order valence-electron chi connectivity index (χ0n) is 12.6. The van der Waals surface area contributed by atoms with Crippen molar-refractivity contribution in [3.8, 4) is 17.6 Å². The molecule has 2 aromatic rings. The van der Waals surface area contributed by atoms with Crippen LogP contribution in [0.25, 0.3) is 0 Å². The predicted octanol–water partition coefficient (Wildman–Crippen LogP) is 3.28. The Morgan fingerprint density at radius 1 is 1.23 bits per heavy atom. The van der Waals surface area contributed by atoms with Gasteiger partial charge in [0.05, 0.1) is 25.8 Å². The maximum absolute atomic E-state index is 14.2. The van der Waals surface area contributed by atoms with Gasteiger partial charge in [-0.2, -0.15) is 5.26 Å². The van der Waals surface area contributed by atoms with Crippen molar-refractivity contribution in [2.45, 2.75) is 13.0 Å². The molecule has 0 bridgehead atoms. The van der Waals surface area contributed by atoms with Gasteiger partial charge in [-0.15, -0.1) is 0 Å². The number of hydrogen-bond donors (Lipinski definition) is 1. The molecule has 0 amide bonds. The van der Waals surface area contributed by atoms with E-state index in [1.807, 2.05) is 13.0 Å². The molecule has 0 spiro atoms. The van der Waals surface area contributed by atoms with Crippen LogP contribution in [-0.4, -0.2) is 19.2 Å². The highest BCUT2D eigenvalue weighted by molar-refractivity contribution is 5.47. The van der Waals surface area contributed by atoms with Gasteiger partial charge in [0, 0.05) is 17.8 Å². The van der Waals surface area contributed by atoms with Gasteiger partial charge in [0.2, 0.25) is 0 Å². The first-order chi connectivity index (χ1) is 10.6. The summed E-state index contributed by atoms with van der Waals surface area (Å²) < 4.78 is 24.4. The summed E-state index contributed by atoms with van der Waals surface area (Å²) in [6.07, 6.45) is 1.46. The maximum atomic E-state index is 14.2. The molecule has 5 nitrogen and oxygen atoms in total. The Bertz CT molecular complexity index is 696. The molecule has 22 heavy (non-hydrogen) atoms. The largest absolute Gasteiger partial charge is 0.493 e. The van der Waals surface area contributed by atoms with Gasteiger partial charge < -0.3 is 14.8 Å². The van der Waals surface area contributed by atoms with E-state index >= 15 is 0 Å². The van der Waals surface area contributed by atoms with Crippen LogP contribution in [0.15, 0.2) is 30.5 Å². The normalized spacial score (nSPS) is 11.4. The minimum absolute atomic E-state index is 0.333. The van der Waals surface area contributed by atoms with Gasteiger partial charge in [-0.05, 0) is 25.1 Å². The molecule has 6 heteroatoms. The fourth-order valence-corrected chi connectivity index (χ4v) is 2.05. The molecule has 0 saturated heterocycles. The van der Waals surface area contributed by atoms with E-state index in [1.54, 1.807) is 18.2 Å². The summed E-state index contributed by atoms with van der Waals surface area (Å²) in [6.45, 7) is 1.81. The molecule has 1 atom stereocenters. The number of pyridine rings is 1. The Kier molecular flexibility index (Phi) is 4.79. The van der Waals surface area contributed by atoms with E-state index < -0.39 is 5.82 Å². The van der Waals surface area contributed by atoms with Crippen LogP contribution >= 0.6 is 0 Å². The standard InChI is InChI=1S/C16H16FN3O2/c1-10(20-16-5-4-11(8-18)9-19-16)12-6-14(21-2)15(22-3)7-13(12)17/h4-7,9-10H,1-3H3,(H,19,20). The summed E-state index contributed by atoms with van der Waals surface area (Å²) in [4.78, 5) is 4.11. The van der Waals surface area contributed by atoms with Crippen LogP contribution in [-0.2, 0) is 0 Å². The Balaban J connectivity index is 2.24. The number of anilines is 1. The number of hydrogen-bond acceptors (Lipinski definition) is 5. The minimum Gasteiger partial charge on any atom is -0.493 e. The molecule has 2 rings (SSSR count). The molecule has 0 aliphatic heterocycles. The van der Waals surface area contributed by atoms with Crippen LogP contribution in [0, 0.1) is 17.1 Å². The van der Waals surface area contributed by atoms with E-state index in [4.69, 9.17) is 14.7 Å². The second-order valence-corrected chi connectivity index (χ2v) is 4.64. The average Bonchev–Trinajstić information content (AvgIpc) is 2.55. The molecule has 0 aliphatic carbocycles. The highest BCUT2D eigenvalue weighted by atomic mass is 19.1. The summed E-state index contributed by atoms with van der Waals surface area (Å²) in [6, 6.07) is 7.87. The lowest BCUT2D eigenvalue weighted by molar-refractivity contribution is 0.351. The molecule has 0 aliphatic rings. The van der Waals surface area contributed by atoms with Gasteiger partial charge in [-0.1, -0.05) is 0 Å². The van der Waals surface area contributed by atoms with E-state index in [-0.39, 0.29) is 6.04 Å².